The van der Waals surface area contributed by atoms with Crippen molar-refractivity contribution in [2.75, 3.05) is 0 Å². The average molecular weight is 348 g/mol. The van der Waals surface area contributed by atoms with Gasteiger partial charge in [-0.1, -0.05) is 30.3 Å². The minimum absolute atomic E-state index is 0.125. The molecular formula is C19H28N2O4. The van der Waals surface area contributed by atoms with E-state index in [9.17, 15) is 19.8 Å². The molecule has 6 heteroatoms. The first kappa shape index (κ1) is 19.4. The molecule has 1 aromatic rings. The van der Waals surface area contributed by atoms with Crippen molar-refractivity contribution in [1.82, 2.24) is 0 Å². The standard InChI is InChI=1S/C19H28N2O4/c20-17(23)14-8-10-19(25,11-9-14)16(18(21)24)12-15(22)7-6-13-4-2-1-3-5-13/h1-5,14-16,22,25H,6-12H2,(H2,20,23)(H2,21,24). The van der Waals surface area contributed by atoms with E-state index >= 15 is 0 Å². The number of benzene rings is 1. The van der Waals surface area contributed by atoms with Crippen LogP contribution in [0.25, 0.3) is 0 Å². The number of rotatable bonds is 8. The molecule has 0 aliphatic heterocycles. The summed E-state index contributed by atoms with van der Waals surface area (Å²) in [6.07, 6.45) is 2.05. The van der Waals surface area contributed by atoms with Crippen LogP contribution in [0.1, 0.15) is 44.1 Å². The molecule has 0 spiro atoms. The zero-order valence-corrected chi connectivity index (χ0v) is 14.4. The lowest BCUT2D eigenvalue weighted by atomic mass is 9.70. The molecule has 1 fully saturated rings. The Bertz CT molecular complexity index is 582. The molecule has 0 saturated heterocycles. The molecule has 0 aromatic heterocycles. The largest absolute Gasteiger partial charge is 0.393 e. The van der Waals surface area contributed by atoms with Gasteiger partial charge in [-0.3, -0.25) is 9.59 Å². The zero-order valence-electron chi connectivity index (χ0n) is 14.4. The summed E-state index contributed by atoms with van der Waals surface area (Å²) in [5, 5.41) is 21.2. The Labute approximate surface area is 148 Å². The monoisotopic (exact) mass is 348 g/mol. The van der Waals surface area contributed by atoms with Gasteiger partial charge in [-0.05, 0) is 50.5 Å². The molecular weight excluding hydrogens is 320 g/mol. The molecule has 1 aliphatic rings. The number of aryl methyl sites for hydroxylation is 1. The topological polar surface area (TPSA) is 127 Å². The Balaban J connectivity index is 1.93. The first-order valence-electron chi connectivity index (χ1n) is 8.85. The Morgan fingerprint density at radius 2 is 1.76 bits per heavy atom. The summed E-state index contributed by atoms with van der Waals surface area (Å²) in [4.78, 5) is 23.2. The van der Waals surface area contributed by atoms with Crippen LogP contribution >= 0.6 is 0 Å². The first-order chi connectivity index (χ1) is 11.8. The van der Waals surface area contributed by atoms with Crippen LogP contribution in [-0.4, -0.2) is 33.7 Å². The molecule has 6 N–H and O–H groups in total. The Morgan fingerprint density at radius 3 is 2.28 bits per heavy atom. The van der Waals surface area contributed by atoms with Crippen molar-refractivity contribution < 1.29 is 19.8 Å². The minimum atomic E-state index is -1.27. The highest BCUT2D eigenvalue weighted by atomic mass is 16.3. The molecule has 25 heavy (non-hydrogen) atoms. The number of carbonyl (C=O) groups is 2. The van der Waals surface area contributed by atoms with E-state index in [2.05, 4.69) is 0 Å². The number of aliphatic hydroxyl groups excluding tert-OH is 1. The molecule has 6 nitrogen and oxygen atoms in total. The first-order valence-corrected chi connectivity index (χ1v) is 8.85. The van der Waals surface area contributed by atoms with Gasteiger partial charge in [0.05, 0.1) is 17.6 Å². The predicted octanol–water partition coefficient (Wildman–Crippen LogP) is 0.878. The molecule has 0 heterocycles. The zero-order chi connectivity index (χ0) is 18.4. The molecule has 2 amide bonds. The normalized spacial score (nSPS) is 25.9. The lowest BCUT2D eigenvalue weighted by Gasteiger charge is -2.40. The highest BCUT2D eigenvalue weighted by molar-refractivity contribution is 5.79. The second kappa shape index (κ2) is 8.45. The van der Waals surface area contributed by atoms with E-state index in [1.165, 1.54) is 0 Å². The smallest absolute Gasteiger partial charge is 0.223 e. The maximum absolute atomic E-state index is 11.9. The van der Waals surface area contributed by atoms with Gasteiger partial charge in [0.25, 0.3) is 0 Å². The van der Waals surface area contributed by atoms with E-state index in [1.807, 2.05) is 30.3 Å². The van der Waals surface area contributed by atoms with Gasteiger partial charge in [0.1, 0.15) is 0 Å². The van der Waals surface area contributed by atoms with Crippen LogP contribution in [0.3, 0.4) is 0 Å². The van der Waals surface area contributed by atoms with E-state index in [0.29, 0.717) is 38.5 Å². The van der Waals surface area contributed by atoms with Crippen molar-refractivity contribution in [1.29, 1.82) is 0 Å². The molecule has 1 aromatic carbocycles. The quantitative estimate of drug-likeness (QED) is 0.556. The van der Waals surface area contributed by atoms with Gasteiger partial charge < -0.3 is 21.7 Å². The Morgan fingerprint density at radius 1 is 1.16 bits per heavy atom. The molecule has 2 unspecified atom stereocenters. The van der Waals surface area contributed by atoms with E-state index in [4.69, 9.17) is 11.5 Å². The maximum atomic E-state index is 11.9. The van der Waals surface area contributed by atoms with Crippen LogP contribution in [0.15, 0.2) is 30.3 Å². The molecule has 1 aliphatic carbocycles. The van der Waals surface area contributed by atoms with Crippen LogP contribution in [-0.2, 0) is 16.0 Å². The summed E-state index contributed by atoms with van der Waals surface area (Å²) in [7, 11) is 0. The van der Waals surface area contributed by atoms with Crippen LogP contribution in [0.4, 0.5) is 0 Å². The van der Waals surface area contributed by atoms with E-state index in [-0.39, 0.29) is 18.2 Å². The van der Waals surface area contributed by atoms with Crippen LogP contribution in [0.5, 0.6) is 0 Å². The third kappa shape index (κ3) is 5.28. The SMILES string of the molecule is NC(=O)C1CCC(O)(C(CC(O)CCc2ccccc2)C(N)=O)CC1. The van der Waals surface area contributed by atoms with Gasteiger partial charge in [0.2, 0.25) is 11.8 Å². The van der Waals surface area contributed by atoms with Gasteiger partial charge in [-0.25, -0.2) is 0 Å². The number of nitrogens with two attached hydrogens (primary N) is 2. The summed E-state index contributed by atoms with van der Waals surface area (Å²) in [6.45, 7) is 0. The second-order valence-electron chi connectivity index (χ2n) is 7.15. The lowest BCUT2D eigenvalue weighted by Crippen LogP contribution is -2.49. The molecule has 0 bridgehead atoms. The molecule has 138 valence electrons. The van der Waals surface area contributed by atoms with E-state index < -0.39 is 23.5 Å². The van der Waals surface area contributed by atoms with Crippen molar-refractivity contribution in [3.8, 4) is 0 Å². The summed E-state index contributed by atoms with van der Waals surface area (Å²) in [6, 6.07) is 9.77. The van der Waals surface area contributed by atoms with Crippen molar-refractivity contribution >= 4 is 11.8 Å². The van der Waals surface area contributed by atoms with Gasteiger partial charge in [0, 0.05) is 5.92 Å². The number of carbonyl (C=O) groups excluding carboxylic acids is 2. The summed E-state index contributed by atoms with van der Waals surface area (Å²) in [5.41, 5.74) is 10.7. The van der Waals surface area contributed by atoms with Gasteiger partial charge in [0.15, 0.2) is 0 Å². The fourth-order valence-corrected chi connectivity index (χ4v) is 3.72. The van der Waals surface area contributed by atoms with Gasteiger partial charge in [-0.2, -0.15) is 0 Å². The molecule has 2 atom stereocenters. The highest BCUT2D eigenvalue weighted by Crippen LogP contribution is 2.39. The second-order valence-corrected chi connectivity index (χ2v) is 7.15. The fourth-order valence-electron chi connectivity index (χ4n) is 3.72. The van der Waals surface area contributed by atoms with Crippen LogP contribution < -0.4 is 11.5 Å². The third-order valence-corrected chi connectivity index (χ3v) is 5.36. The number of primary amides is 2. The van der Waals surface area contributed by atoms with Crippen molar-refractivity contribution in [2.45, 2.75) is 56.7 Å². The minimum Gasteiger partial charge on any atom is -0.393 e. The molecule has 1 saturated carbocycles. The number of hydrogen-bond donors (Lipinski definition) is 4. The Hall–Kier alpha value is -1.92. The molecule has 0 radical (unpaired) electrons. The van der Waals surface area contributed by atoms with Crippen molar-refractivity contribution in [3.05, 3.63) is 35.9 Å². The van der Waals surface area contributed by atoms with Crippen molar-refractivity contribution in [3.63, 3.8) is 0 Å². The number of amides is 2. The predicted molar refractivity (Wildman–Crippen MR) is 94.2 cm³/mol. The van der Waals surface area contributed by atoms with Crippen LogP contribution in [0, 0.1) is 11.8 Å². The summed E-state index contributed by atoms with van der Waals surface area (Å²) in [5.74, 6) is -2.08. The summed E-state index contributed by atoms with van der Waals surface area (Å²) < 4.78 is 0. The van der Waals surface area contributed by atoms with Crippen molar-refractivity contribution in [2.24, 2.45) is 23.3 Å². The summed E-state index contributed by atoms with van der Waals surface area (Å²) >= 11 is 0. The Kier molecular flexibility index (Phi) is 6.56. The lowest BCUT2D eigenvalue weighted by molar-refractivity contribution is -0.140. The van der Waals surface area contributed by atoms with E-state index in [0.717, 1.165) is 5.56 Å². The van der Waals surface area contributed by atoms with Crippen LogP contribution in [0.2, 0.25) is 0 Å². The average Bonchev–Trinajstić information content (AvgIpc) is 2.58. The van der Waals surface area contributed by atoms with E-state index in [1.54, 1.807) is 0 Å². The third-order valence-electron chi connectivity index (χ3n) is 5.36. The highest BCUT2D eigenvalue weighted by Gasteiger charge is 2.44. The van der Waals surface area contributed by atoms with Gasteiger partial charge >= 0.3 is 0 Å². The maximum Gasteiger partial charge on any atom is 0.223 e. The number of aliphatic hydroxyl groups is 2. The van der Waals surface area contributed by atoms with Gasteiger partial charge in [-0.15, -0.1) is 0 Å². The number of hydrogen-bond acceptors (Lipinski definition) is 4. The molecule has 2 rings (SSSR count). The fraction of sp³-hybridized carbons (Fsp3) is 0.579.